The molecule has 0 aliphatic rings. The lowest BCUT2D eigenvalue weighted by Gasteiger charge is -2.06. The number of hydrogen-bond acceptors (Lipinski definition) is 5. The van der Waals surface area contributed by atoms with Crippen LogP contribution in [-0.4, -0.2) is 10.8 Å². The van der Waals surface area contributed by atoms with Crippen molar-refractivity contribution in [3.8, 4) is 5.75 Å². The van der Waals surface area contributed by atoms with Gasteiger partial charge in [0.1, 0.15) is 18.1 Å². The van der Waals surface area contributed by atoms with Crippen molar-refractivity contribution in [1.29, 1.82) is 0 Å². The number of hydrogen-bond donors (Lipinski definition) is 1. The van der Waals surface area contributed by atoms with E-state index < -0.39 is 10.8 Å². The monoisotopic (exact) mass is 386 g/mol. The predicted molar refractivity (Wildman–Crippen MR) is 100 cm³/mol. The lowest BCUT2D eigenvalue weighted by atomic mass is 10.2. The van der Waals surface area contributed by atoms with Gasteiger partial charge in [0, 0.05) is 12.1 Å². The van der Waals surface area contributed by atoms with E-state index in [2.05, 4.69) is 5.32 Å². The van der Waals surface area contributed by atoms with Crippen LogP contribution in [0.2, 0.25) is 5.02 Å². The second-order valence-corrected chi connectivity index (χ2v) is 6.15. The zero-order chi connectivity index (χ0) is 19.4. The van der Waals surface area contributed by atoms with E-state index >= 15 is 0 Å². The summed E-state index contributed by atoms with van der Waals surface area (Å²) in [5.41, 5.74) is 1.02. The Kier molecular flexibility index (Phi) is 5.42. The summed E-state index contributed by atoms with van der Waals surface area (Å²) in [5.74, 6) is 0.632. The minimum Gasteiger partial charge on any atom is -0.486 e. The fraction of sp³-hybridized carbons (Fsp3) is 0.105. The molecule has 138 valence electrons. The molecular weight excluding hydrogens is 372 g/mol. The van der Waals surface area contributed by atoms with Gasteiger partial charge in [0.05, 0.1) is 15.6 Å². The number of carbonyl (C=O) groups excluding carboxylic acids is 1. The smallest absolute Gasteiger partial charge is 0.291 e. The average molecular weight is 387 g/mol. The summed E-state index contributed by atoms with van der Waals surface area (Å²) in [6.45, 7) is 2.12. The molecule has 0 unspecified atom stereocenters. The first-order valence-electron chi connectivity index (χ1n) is 7.96. The number of nitro benzene ring substituents is 1. The van der Waals surface area contributed by atoms with Crippen LogP contribution in [0.1, 0.15) is 21.9 Å². The second kappa shape index (κ2) is 7.92. The van der Waals surface area contributed by atoms with E-state index in [0.29, 0.717) is 11.5 Å². The third-order valence-electron chi connectivity index (χ3n) is 3.67. The number of nitro groups is 1. The highest BCUT2D eigenvalue weighted by atomic mass is 35.5. The molecule has 0 aliphatic carbocycles. The zero-order valence-corrected chi connectivity index (χ0v) is 15.0. The first-order valence-corrected chi connectivity index (χ1v) is 8.33. The van der Waals surface area contributed by atoms with Crippen molar-refractivity contribution in [3.05, 3.63) is 86.8 Å². The summed E-state index contributed by atoms with van der Waals surface area (Å²) in [5, 5.41) is 13.5. The van der Waals surface area contributed by atoms with E-state index in [9.17, 15) is 14.9 Å². The summed E-state index contributed by atoms with van der Waals surface area (Å²) in [6.07, 6.45) is 0. The summed E-state index contributed by atoms with van der Waals surface area (Å²) < 4.78 is 11.1. The summed E-state index contributed by atoms with van der Waals surface area (Å²) in [7, 11) is 0. The molecule has 1 heterocycles. The quantitative estimate of drug-likeness (QED) is 0.476. The van der Waals surface area contributed by atoms with Crippen molar-refractivity contribution >= 4 is 28.9 Å². The van der Waals surface area contributed by atoms with Crippen molar-refractivity contribution in [2.24, 2.45) is 0 Å². The van der Waals surface area contributed by atoms with Gasteiger partial charge in [0.15, 0.2) is 5.76 Å². The van der Waals surface area contributed by atoms with Gasteiger partial charge >= 0.3 is 0 Å². The van der Waals surface area contributed by atoms with Crippen molar-refractivity contribution in [2.75, 3.05) is 5.32 Å². The number of aryl methyl sites for hydroxylation is 1. The standard InChI is InChI=1S/C19H15ClN2O5/c1-12-3-2-4-14(9-12)26-11-15-6-8-18(27-15)19(23)21-17-10-13(22(24)25)5-7-16(17)20/h2-10H,11H2,1H3,(H,21,23). The number of carbonyl (C=O) groups is 1. The number of furan rings is 1. The minimum atomic E-state index is -0.570. The van der Waals surface area contributed by atoms with Gasteiger partial charge < -0.3 is 14.5 Å². The van der Waals surface area contributed by atoms with Gasteiger partial charge in [-0.15, -0.1) is 0 Å². The largest absolute Gasteiger partial charge is 0.486 e. The number of non-ortho nitro benzene ring substituents is 1. The SMILES string of the molecule is Cc1cccc(OCc2ccc(C(=O)Nc3cc([N+](=O)[O-])ccc3Cl)o2)c1. The first kappa shape index (κ1) is 18.5. The van der Waals surface area contributed by atoms with Gasteiger partial charge in [-0.05, 0) is 42.8 Å². The molecule has 0 saturated heterocycles. The van der Waals surface area contributed by atoms with E-state index in [1.807, 2.05) is 31.2 Å². The van der Waals surface area contributed by atoms with E-state index in [1.165, 1.54) is 24.3 Å². The van der Waals surface area contributed by atoms with Gasteiger partial charge in [-0.3, -0.25) is 14.9 Å². The van der Waals surface area contributed by atoms with Crippen LogP contribution < -0.4 is 10.1 Å². The fourth-order valence-electron chi connectivity index (χ4n) is 2.34. The van der Waals surface area contributed by atoms with Gasteiger partial charge in [-0.1, -0.05) is 23.7 Å². The van der Waals surface area contributed by atoms with Crippen LogP contribution in [0, 0.1) is 17.0 Å². The Bertz CT molecular complexity index is 999. The Balaban J connectivity index is 1.66. The zero-order valence-electron chi connectivity index (χ0n) is 14.3. The molecule has 0 saturated carbocycles. The molecule has 0 bridgehead atoms. The molecule has 0 spiro atoms. The normalized spacial score (nSPS) is 10.4. The lowest BCUT2D eigenvalue weighted by molar-refractivity contribution is -0.384. The number of nitrogens with zero attached hydrogens (tertiary/aromatic N) is 1. The lowest BCUT2D eigenvalue weighted by Crippen LogP contribution is -2.11. The Hall–Kier alpha value is -3.32. The number of anilines is 1. The predicted octanol–water partition coefficient (Wildman–Crippen LogP) is 4.98. The molecular formula is C19H15ClN2O5. The maximum atomic E-state index is 12.3. The van der Waals surface area contributed by atoms with Crippen LogP contribution in [0.5, 0.6) is 5.75 Å². The fourth-order valence-corrected chi connectivity index (χ4v) is 2.51. The van der Waals surface area contributed by atoms with E-state index in [1.54, 1.807) is 6.07 Å². The topological polar surface area (TPSA) is 94.6 Å². The van der Waals surface area contributed by atoms with Crippen LogP contribution in [-0.2, 0) is 6.61 Å². The third kappa shape index (κ3) is 4.65. The Morgan fingerprint density at radius 3 is 2.78 bits per heavy atom. The molecule has 27 heavy (non-hydrogen) atoms. The van der Waals surface area contributed by atoms with Crippen molar-refractivity contribution in [1.82, 2.24) is 0 Å². The molecule has 7 nitrogen and oxygen atoms in total. The molecule has 8 heteroatoms. The number of ether oxygens (including phenoxy) is 1. The van der Waals surface area contributed by atoms with Crippen LogP contribution in [0.15, 0.2) is 59.0 Å². The highest BCUT2D eigenvalue weighted by Gasteiger charge is 2.16. The molecule has 3 aromatic rings. The first-order chi connectivity index (χ1) is 12.9. The van der Waals surface area contributed by atoms with Crippen LogP contribution in [0.3, 0.4) is 0 Å². The van der Waals surface area contributed by atoms with Crippen LogP contribution in [0.25, 0.3) is 0 Å². The molecule has 1 amide bonds. The molecule has 2 aromatic carbocycles. The van der Waals surface area contributed by atoms with E-state index in [-0.39, 0.29) is 28.8 Å². The highest BCUT2D eigenvalue weighted by Crippen LogP contribution is 2.27. The maximum Gasteiger partial charge on any atom is 0.291 e. The number of benzene rings is 2. The number of rotatable bonds is 6. The van der Waals surface area contributed by atoms with Crippen LogP contribution in [0.4, 0.5) is 11.4 Å². The average Bonchev–Trinajstić information content (AvgIpc) is 3.11. The van der Waals surface area contributed by atoms with Crippen molar-refractivity contribution in [2.45, 2.75) is 13.5 Å². The number of amides is 1. The Morgan fingerprint density at radius 1 is 1.22 bits per heavy atom. The van der Waals surface area contributed by atoms with Crippen molar-refractivity contribution < 1.29 is 18.9 Å². The van der Waals surface area contributed by atoms with Gasteiger partial charge in [-0.25, -0.2) is 0 Å². The van der Waals surface area contributed by atoms with E-state index in [4.69, 9.17) is 20.8 Å². The van der Waals surface area contributed by atoms with E-state index in [0.717, 1.165) is 5.56 Å². The van der Waals surface area contributed by atoms with Gasteiger partial charge in [0.2, 0.25) is 0 Å². The summed E-state index contributed by atoms with van der Waals surface area (Å²) in [6, 6.07) is 14.5. The van der Waals surface area contributed by atoms with Crippen LogP contribution >= 0.6 is 11.6 Å². The summed E-state index contributed by atoms with van der Waals surface area (Å²) >= 11 is 5.98. The maximum absolute atomic E-state index is 12.3. The Labute approximate surface area is 159 Å². The number of halogens is 1. The van der Waals surface area contributed by atoms with Gasteiger partial charge in [-0.2, -0.15) is 0 Å². The van der Waals surface area contributed by atoms with Gasteiger partial charge in [0.25, 0.3) is 11.6 Å². The molecule has 0 fully saturated rings. The molecule has 1 aromatic heterocycles. The number of nitrogens with one attached hydrogen (secondary N) is 1. The highest BCUT2D eigenvalue weighted by molar-refractivity contribution is 6.34. The Morgan fingerprint density at radius 2 is 2.04 bits per heavy atom. The van der Waals surface area contributed by atoms with Crippen molar-refractivity contribution in [3.63, 3.8) is 0 Å². The molecule has 1 N–H and O–H groups in total. The molecule has 3 rings (SSSR count). The molecule has 0 radical (unpaired) electrons. The second-order valence-electron chi connectivity index (χ2n) is 5.75. The minimum absolute atomic E-state index is 0.0421. The molecule has 0 atom stereocenters. The molecule has 0 aliphatic heterocycles. The third-order valence-corrected chi connectivity index (χ3v) is 3.99. The summed E-state index contributed by atoms with van der Waals surface area (Å²) in [4.78, 5) is 22.6.